The quantitative estimate of drug-likeness (QED) is 0.868. The lowest BCUT2D eigenvalue weighted by Crippen LogP contribution is -2.19. The summed E-state index contributed by atoms with van der Waals surface area (Å²) in [5.74, 6) is -0.378. The summed E-state index contributed by atoms with van der Waals surface area (Å²) >= 11 is 5.86. The van der Waals surface area contributed by atoms with Crippen LogP contribution in [0.25, 0.3) is 0 Å². The van der Waals surface area contributed by atoms with Crippen LogP contribution in [0.2, 0.25) is 5.02 Å². The van der Waals surface area contributed by atoms with E-state index in [0.717, 1.165) is 12.0 Å². The number of likely N-dealkylation sites (N-methyl/N-ethyl adjacent to an activating group) is 1. The van der Waals surface area contributed by atoms with E-state index >= 15 is 0 Å². The van der Waals surface area contributed by atoms with Crippen molar-refractivity contribution in [3.05, 3.63) is 69.5 Å². The summed E-state index contributed by atoms with van der Waals surface area (Å²) in [6.07, 6.45) is 0.847. The summed E-state index contributed by atoms with van der Waals surface area (Å²) in [7, 11) is 1.91. The zero-order chi connectivity index (χ0) is 14.7. The predicted octanol–water partition coefficient (Wildman–Crippen LogP) is 4.60. The van der Waals surface area contributed by atoms with Gasteiger partial charge in [0, 0.05) is 6.04 Å². The average Bonchev–Trinajstić information content (AvgIpc) is 2.43. The van der Waals surface area contributed by atoms with Crippen molar-refractivity contribution in [3.63, 3.8) is 0 Å². The van der Waals surface area contributed by atoms with Gasteiger partial charge in [0.25, 0.3) is 0 Å². The van der Waals surface area contributed by atoms with Crippen molar-refractivity contribution in [2.24, 2.45) is 0 Å². The van der Waals surface area contributed by atoms with Crippen LogP contribution in [0, 0.1) is 19.7 Å². The van der Waals surface area contributed by atoms with Gasteiger partial charge in [-0.2, -0.15) is 0 Å². The molecule has 1 atom stereocenters. The second-order valence-electron chi connectivity index (χ2n) is 5.14. The van der Waals surface area contributed by atoms with Crippen molar-refractivity contribution < 1.29 is 4.39 Å². The minimum Gasteiger partial charge on any atom is -0.313 e. The molecule has 0 fully saturated rings. The van der Waals surface area contributed by atoms with Gasteiger partial charge in [-0.3, -0.25) is 0 Å². The van der Waals surface area contributed by atoms with Gasteiger partial charge in [0.15, 0.2) is 0 Å². The Morgan fingerprint density at radius 1 is 1.10 bits per heavy atom. The van der Waals surface area contributed by atoms with Crippen LogP contribution >= 0.6 is 11.6 Å². The Labute approximate surface area is 124 Å². The van der Waals surface area contributed by atoms with Crippen molar-refractivity contribution in [2.75, 3.05) is 7.05 Å². The van der Waals surface area contributed by atoms with Crippen molar-refractivity contribution in [2.45, 2.75) is 26.3 Å². The van der Waals surface area contributed by atoms with E-state index in [4.69, 9.17) is 11.6 Å². The molecule has 0 heterocycles. The lowest BCUT2D eigenvalue weighted by atomic mass is 9.96. The summed E-state index contributed by atoms with van der Waals surface area (Å²) < 4.78 is 13.2. The van der Waals surface area contributed by atoms with Crippen LogP contribution in [0.15, 0.2) is 36.4 Å². The fraction of sp³-hybridized carbons (Fsp3) is 0.294. The standard InChI is InChI=1S/C17H19ClFN/c1-11-4-5-13(8-12(11)2)9-17(20-3)14-6-7-16(19)15(18)10-14/h4-8,10,17,20H,9H2,1-3H3. The van der Waals surface area contributed by atoms with Crippen LogP contribution in [0.5, 0.6) is 0 Å². The molecule has 0 aliphatic carbocycles. The Kier molecular flexibility index (Phi) is 4.79. The molecule has 1 unspecified atom stereocenters. The molecule has 0 aliphatic heterocycles. The molecule has 1 N–H and O–H groups in total. The van der Waals surface area contributed by atoms with E-state index in [1.165, 1.54) is 22.8 Å². The molecule has 2 aromatic carbocycles. The Hall–Kier alpha value is -1.38. The summed E-state index contributed by atoms with van der Waals surface area (Å²) in [4.78, 5) is 0. The number of hydrogen-bond acceptors (Lipinski definition) is 1. The van der Waals surface area contributed by atoms with E-state index in [-0.39, 0.29) is 16.9 Å². The number of aryl methyl sites for hydroxylation is 2. The molecule has 0 saturated heterocycles. The average molecular weight is 292 g/mol. The van der Waals surface area contributed by atoms with Gasteiger partial charge in [0.2, 0.25) is 0 Å². The highest BCUT2D eigenvalue weighted by Crippen LogP contribution is 2.24. The molecule has 3 heteroatoms. The van der Waals surface area contributed by atoms with Crippen molar-refractivity contribution in [1.82, 2.24) is 5.32 Å². The third kappa shape index (κ3) is 3.38. The van der Waals surface area contributed by atoms with Crippen LogP contribution < -0.4 is 5.32 Å². The highest BCUT2D eigenvalue weighted by molar-refractivity contribution is 6.30. The Morgan fingerprint density at radius 3 is 2.45 bits per heavy atom. The monoisotopic (exact) mass is 291 g/mol. The number of rotatable bonds is 4. The van der Waals surface area contributed by atoms with E-state index in [9.17, 15) is 4.39 Å². The Bertz CT molecular complexity index is 610. The Balaban J connectivity index is 2.23. The summed E-state index contributed by atoms with van der Waals surface area (Å²) in [6.45, 7) is 4.22. The lowest BCUT2D eigenvalue weighted by molar-refractivity contribution is 0.586. The molecule has 0 aliphatic rings. The molecule has 1 nitrogen and oxygen atoms in total. The van der Waals surface area contributed by atoms with Gasteiger partial charge in [0.1, 0.15) is 5.82 Å². The number of hydrogen-bond donors (Lipinski definition) is 1. The molecule has 2 rings (SSSR count). The lowest BCUT2D eigenvalue weighted by Gasteiger charge is -2.18. The second kappa shape index (κ2) is 6.38. The number of benzene rings is 2. The third-order valence-corrected chi connectivity index (χ3v) is 4.00. The Morgan fingerprint density at radius 2 is 1.85 bits per heavy atom. The fourth-order valence-electron chi connectivity index (χ4n) is 2.28. The first-order chi connectivity index (χ1) is 9.51. The largest absolute Gasteiger partial charge is 0.313 e. The van der Waals surface area contributed by atoms with E-state index < -0.39 is 0 Å². The predicted molar refractivity (Wildman–Crippen MR) is 82.8 cm³/mol. The minimum absolute atomic E-state index is 0.121. The number of nitrogens with one attached hydrogen (secondary N) is 1. The maximum Gasteiger partial charge on any atom is 0.141 e. The zero-order valence-corrected chi connectivity index (χ0v) is 12.8. The molecule has 0 aromatic heterocycles. The van der Waals surface area contributed by atoms with Gasteiger partial charge in [-0.25, -0.2) is 4.39 Å². The SMILES string of the molecule is CNC(Cc1ccc(C)c(C)c1)c1ccc(F)c(Cl)c1. The van der Waals surface area contributed by atoms with Gasteiger partial charge in [-0.1, -0.05) is 35.9 Å². The normalized spacial score (nSPS) is 12.4. The summed E-state index contributed by atoms with van der Waals surface area (Å²) in [5, 5.41) is 3.44. The summed E-state index contributed by atoms with van der Waals surface area (Å²) in [6, 6.07) is 11.5. The van der Waals surface area contributed by atoms with Gasteiger partial charge in [-0.15, -0.1) is 0 Å². The van der Waals surface area contributed by atoms with Gasteiger partial charge < -0.3 is 5.32 Å². The van der Waals surface area contributed by atoms with Crippen molar-refractivity contribution in [1.29, 1.82) is 0 Å². The molecular weight excluding hydrogens is 273 g/mol. The molecule has 0 radical (unpaired) electrons. The van der Waals surface area contributed by atoms with Crippen LogP contribution in [0.4, 0.5) is 4.39 Å². The molecule has 0 amide bonds. The van der Waals surface area contributed by atoms with Gasteiger partial charge in [0.05, 0.1) is 5.02 Å². The topological polar surface area (TPSA) is 12.0 Å². The fourth-order valence-corrected chi connectivity index (χ4v) is 2.47. The van der Waals surface area contributed by atoms with Crippen molar-refractivity contribution >= 4 is 11.6 Å². The van der Waals surface area contributed by atoms with Gasteiger partial charge >= 0.3 is 0 Å². The summed E-state index contributed by atoms with van der Waals surface area (Å²) in [5.41, 5.74) is 4.83. The second-order valence-corrected chi connectivity index (χ2v) is 5.54. The third-order valence-electron chi connectivity index (χ3n) is 3.71. The van der Waals surface area contributed by atoms with E-state index in [0.29, 0.717) is 0 Å². The van der Waals surface area contributed by atoms with E-state index in [1.54, 1.807) is 12.1 Å². The van der Waals surface area contributed by atoms with E-state index in [2.05, 4.69) is 37.4 Å². The molecule has 20 heavy (non-hydrogen) atoms. The van der Waals surface area contributed by atoms with Crippen molar-refractivity contribution in [3.8, 4) is 0 Å². The molecule has 106 valence electrons. The molecule has 0 bridgehead atoms. The van der Waals surface area contributed by atoms with Crippen LogP contribution in [0.3, 0.4) is 0 Å². The number of halogens is 2. The maximum atomic E-state index is 13.2. The first-order valence-electron chi connectivity index (χ1n) is 6.69. The smallest absolute Gasteiger partial charge is 0.141 e. The first-order valence-corrected chi connectivity index (χ1v) is 7.07. The first kappa shape index (κ1) is 15.0. The van der Waals surface area contributed by atoms with E-state index in [1.807, 2.05) is 7.05 Å². The highest BCUT2D eigenvalue weighted by Gasteiger charge is 2.12. The zero-order valence-electron chi connectivity index (χ0n) is 12.0. The van der Waals surface area contributed by atoms with Crippen LogP contribution in [-0.2, 0) is 6.42 Å². The highest BCUT2D eigenvalue weighted by atomic mass is 35.5. The molecular formula is C17H19ClFN. The molecule has 2 aromatic rings. The van der Waals surface area contributed by atoms with Crippen LogP contribution in [0.1, 0.15) is 28.3 Å². The molecule has 0 saturated carbocycles. The van der Waals surface area contributed by atoms with Crippen LogP contribution in [-0.4, -0.2) is 7.05 Å². The molecule has 0 spiro atoms. The van der Waals surface area contributed by atoms with Gasteiger partial charge in [-0.05, 0) is 61.7 Å². The maximum absolute atomic E-state index is 13.2. The minimum atomic E-state index is -0.378.